The SMILES string of the molecule is C/C(=C\c1ccccc1)CN1CC(C(F)F)C1. The van der Waals surface area contributed by atoms with Crippen molar-refractivity contribution in [2.24, 2.45) is 5.92 Å². The molecule has 0 radical (unpaired) electrons. The van der Waals surface area contributed by atoms with Crippen LogP contribution >= 0.6 is 0 Å². The van der Waals surface area contributed by atoms with Crippen molar-refractivity contribution in [1.82, 2.24) is 4.90 Å². The lowest BCUT2D eigenvalue weighted by Gasteiger charge is -2.38. The molecule has 0 unspecified atom stereocenters. The fourth-order valence-corrected chi connectivity index (χ4v) is 2.13. The van der Waals surface area contributed by atoms with Gasteiger partial charge in [0.15, 0.2) is 0 Å². The standard InChI is InChI=1S/C14H17F2N/c1-11(7-12-5-3-2-4-6-12)8-17-9-13(10-17)14(15)16/h2-7,13-14H,8-10H2,1H3/b11-7+. The summed E-state index contributed by atoms with van der Waals surface area (Å²) >= 11 is 0. The van der Waals surface area contributed by atoms with Crippen LogP contribution < -0.4 is 0 Å². The van der Waals surface area contributed by atoms with E-state index >= 15 is 0 Å². The minimum absolute atomic E-state index is 0.417. The van der Waals surface area contributed by atoms with Crippen molar-refractivity contribution >= 4 is 6.08 Å². The monoisotopic (exact) mass is 237 g/mol. The quantitative estimate of drug-likeness (QED) is 0.776. The predicted octanol–water partition coefficient (Wildman–Crippen LogP) is 3.29. The highest BCUT2D eigenvalue weighted by Gasteiger charge is 2.33. The molecule has 0 N–H and O–H groups in total. The second-order valence-electron chi connectivity index (χ2n) is 4.69. The molecule has 0 bridgehead atoms. The van der Waals surface area contributed by atoms with Crippen LogP contribution in [0, 0.1) is 5.92 Å². The van der Waals surface area contributed by atoms with Crippen molar-refractivity contribution in [2.75, 3.05) is 19.6 Å². The molecule has 0 saturated carbocycles. The third-order valence-electron chi connectivity index (χ3n) is 3.03. The molecule has 1 nitrogen and oxygen atoms in total. The van der Waals surface area contributed by atoms with Crippen molar-refractivity contribution in [3.63, 3.8) is 0 Å². The molecule has 0 spiro atoms. The number of nitrogens with zero attached hydrogens (tertiary/aromatic N) is 1. The predicted molar refractivity (Wildman–Crippen MR) is 66.0 cm³/mol. The summed E-state index contributed by atoms with van der Waals surface area (Å²) in [6.45, 7) is 3.89. The first kappa shape index (κ1) is 12.2. The first-order valence-electron chi connectivity index (χ1n) is 5.88. The Morgan fingerprint density at radius 1 is 1.35 bits per heavy atom. The fraction of sp³-hybridized carbons (Fsp3) is 0.429. The van der Waals surface area contributed by atoms with Crippen molar-refractivity contribution in [1.29, 1.82) is 0 Å². The van der Waals surface area contributed by atoms with Crippen molar-refractivity contribution in [2.45, 2.75) is 13.3 Å². The van der Waals surface area contributed by atoms with E-state index in [1.165, 1.54) is 5.57 Å². The number of benzene rings is 1. The Labute approximate surface area is 101 Å². The van der Waals surface area contributed by atoms with Gasteiger partial charge in [-0.1, -0.05) is 42.0 Å². The van der Waals surface area contributed by atoms with Gasteiger partial charge in [-0.15, -0.1) is 0 Å². The second kappa shape index (κ2) is 5.41. The molecule has 1 aliphatic rings. The van der Waals surface area contributed by atoms with Gasteiger partial charge in [-0.05, 0) is 12.5 Å². The van der Waals surface area contributed by atoms with Crippen LogP contribution in [-0.4, -0.2) is 31.0 Å². The zero-order valence-electron chi connectivity index (χ0n) is 9.94. The highest BCUT2D eigenvalue weighted by molar-refractivity contribution is 5.52. The fourth-order valence-electron chi connectivity index (χ4n) is 2.13. The van der Waals surface area contributed by atoms with E-state index in [-0.39, 0.29) is 0 Å². The number of alkyl halides is 2. The summed E-state index contributed by atoms with van der Waals surface area (Å²) in [4.78, 5) is 2.06. The molecule has 1 aromatic carbocycles. The van der Waals surface area contributed by atoms with E-state index in [0.29, 0.717) is 13.1 Å². The average Bonchev–Trinajstić information content (AvgIpc) is 2.23. The van der Waals surface area contributed by atoms with Crippen molar-refractivity contribution < 1.29 is 8.78 Å². The Hall–Kier alpha value is -1.22. The average molecular weight is 237 g/mol. The first-order chi connectivity index (χ1) is 8.15. The van der Waals surface area contributed by atoms with Crippen LogP contribution in [0.25, 0.3) is 6.08 Å². The van der Waals surface area contributed by atoms with E-state index < -0.39 is 12.3 Å². The molecule has 0 atom stereocenters. The molecule has 1 heterocycles. The number of rotatable bonds is 4. The molecule has 0 aromatic heterocycles. The third-order valence-corrected chi connectivity index (χ3v) is 3.03. The van der Waals surface area contributed by atoms with Crippen LogP contribution in [-0.2, 0) is 0 Å². The van der Waals surface area contributed by atoms with Crippen LogP contribution in [0.4, 0.5) is 8.78 Å². The molecule has 1 saturated heterocycles. The van der Waals surface area contributed by atoms with Gasteiger partial charge in [-0.3, -0.25) is 4.90 Å². The summed E-state index contributed by atoms with van der Waals surface area (Å²) in [5, 5.41) is 0. The van der Waals surface area contributed by atoms with Gasteiger partial charge in [0.1, 0.15) is 0 Å². The Morgan fingerprint density at radius 3 is 2.59 bits per heavy atom. The summed E-state index contributed by atoms with van der Waals surface area (Å²) < 4.78 is 24.6. The maximum Gasteiger partial charge on any atom is 0.243 e. The number of likely N-dealkylation sites (tertiary alicyclic amines) is 1. The molecule has 92 valence electrons. The molecule has 1 aromatic rings. The summed E-state index contributed by atoms with van der Waals surface area (Å²) in [7, 11) is 0. The van der Waals surface area contributed by atoms with Crippen LogP contribution in [0.15, 0.2) is 35.9 Å². The van der Waals surface area contributed by atoms with Crippen LogP contribution in [0.5, 0.6) is 0 Å². The van der Waals surface area contributed by atoms with Gasteiger partial charge in [-0.25, -0.2) is 8.78 Å². The minimum atomic E-state index is -2.16. The van der Waals surface area contributed by atoms with Gasteiger partial charge in [0.2, 0.25) is 6.43 Å². The largest absolute Gasteiger partial charge is 0.298 e. The van der Waals surface area contributed by atoms with E-state index in [2.05, 4.69) is 11.0 Å². The third kappa shape index (κ3) is 3.37. The minimum Gasteiger partial charge on any atom is -0.298 e. The van der Waals surface area contributed by atoms with Crippen LogP contribution in [0.2, 0.25) is 0 Å². The summed E-state index contributed by atoms with van der Waals surface area (Å²) in [5.41, 5.74) is 2.37. The van der Waals surface area contributed by atoms with Gasteiger partial charge in [0, 0.05) is 25.6 Å². The smallest absolute Gasteiger partial charge is 0.243 e. The van der Waals surface area contributed by atoms with Gasteiger partial charge in [-0.2, -0.15) is 0 Å². The van der Waals surface area contributed by atoms with E-state index in [0.717, 1.165) is 12.1 Å². The highest BCUT2D eigenvalue weighted by Crippen LogP contribution is 2.23. The van der Waals surface area contributed by atoms with Crippen molar-refractivity contribution in [3.05, 3.63) is 41.5 Å². The maximum absolute atomic E-state index is 12.3. The lowest BCUT2D eigenvalue weighted by Crippen LogP contribution is -2.50. The van der Waals surface area contributed by atoms with Crippen LogP contribution in [0.1, 0.15) is 12.5 Å². The van der Waals surface area contributed by atoms with Gasteiger partial charge >= 0.3 is 0 Å². The molecular formula is C14H17F2N. The summed E-state index contributed by atoms with van der Waals surface area (Å²) in [6, 6.07) is 10.1. The van der Waals surface area contributed by atoms with E-state index in [1.54, 1.807) is 0 Å². The summed E-state index contributed by atoms with van der Waals surface area (Å²) in [5.74, 6) is -0.417. The van der Waals surface area contributed by atoms with E-state index in [4.69, 9.17) is 0 Å². The normalized spacial score (nSPS) is 18.5. The number of hydrogen-bond acceptors (Lipinski definition) is 1. The van der Waals surface area contributed by atoms with E-state index in [1.807, 2.05) is 37.3 Å². The topological polar surface area (TPSA) is 3.24 Å². The molecule has 1 aliphatic heterocycles. The number of halogens is 2. The second-order valence-corrected chi connectivity index (χ2v) is 4.69. The Kier molecular flexibility index (Phi) is 3.89. The summed E-state index contributed by atoms with van der Waals surface area (Å²) in [6.07, 6.45) is -0.0555. The Balaban J connectivity index is 1.83. The van der Waals surface area contributed by atoms with Gasteiger partial charge in [0.25, 0.3) is 0 Å². The zero-order valence-corrected chi connectivity index (χ0v) is 9.94. The van der Waals surface area contributed by atoms with Crippen LogP contribution in [0.3, 0.4) is 0 Å². The molecule has 17 heavy (non-hydrogen) atoms. The molecule has 3 heteroatoms. The molecular weight excluding hydrogens is 220 g/mol. The highest BCUT2D eigenvalue weighted by atomic mass is 19.3. The maximum atomic E-state index is 12.3. The van der Waals surface area contributed by atoms with E-state index in [9.17, 15) is 8.78 Å². The van der Waals surface area contributed by atoms with Gasteiger partial charge < -0.3 is 0 Å². The molecule has 1 fully saturated rings. The molecule has 0 aliphatic carbocycles. The zero-order chi connectivity index (χ0) is 12.3. The lowest BCUT2D eigenvalue weighted by molar-refractivity contribution is -0.0196. The van der Waals surface area contributed by atoms with Gasteiger partial charge in [0.05, 0.1) is 0 Å². The van der Waals surface area contributed by atoms with Crippen molar-refractivity contribution in [3.8, 4) is 0 Å². The lowest BCUT2D eigenvalue weighted by atomic mass is 10.00. The molecule has 0 amide bonds. The molecule has 2 rings (SSSR count). The Bertz CT molecular complexity index is 380. The Morgan fingerprint density at radius 2 is 2.00 bits per heavy atom. The first-order valence-corrected chi connectivity index (χ1v) is 5.88. The number of hydrogen-bond donors (Lipinski definition) is 0.